The Balaban J connectivity index is 2.86. The minimum absolute atomic E-state index is 0.123. The van der Waals surface area contributed by atoms with Crippen molar-refractivity contribution >= 4 is 5.97 Å². The van der Waals surface area contributed by atoms with Crippen molar-refractivity contribution in [2.75, 3.05) is 14.1 Å². The second-order valence-corrected chi connectivity index (χ2v) is 5.02. The van der Waals surface area contributed by atoms with Gasteiger partial charge in [-0.15, -0.1) is 0 Å². The average molecular weight is 224 g/mol. The molecule has 0 aliphatic carbocycles. The number of carbonyl (C=O) groups is 1. The number of nitrogens with one attached hydrogen (secondary N) is 1. The van der Waals surface area contributed by atoms with Gasteiger partial charge in [-0.3, -0.25) is 4.79 Å². The number of carboxylic acids is 1. The van der Waals surface area contributed by atoms with Gasteiger partial charge in [-0.25, -0.2) is 0 Å². The molecule has 16 heavy (non-hydrogen) atoms. The third kappa shape index (κ3) is 2.85. The first kappa shape index (κ1) is 12.8. The number of aliphatic carboxylic acids is 1. The van der Waals surface area contributed by atoms with Crippen molar-refractivity contribution in [3.8, 4) is 0 Å². The second-order valence-electron chi connectivity index (χ2n) is 5.02. The van der Waals surface area contributed by atoms with E-state index in [1.807, 2.05) is 37.5 Å². The average Bonchev–Trinajstić information content (AvgIpc) is 2.66. The minimum Gasteiger partial charge on any atom is -0.481 e. The molecular formula is C12H20N2O2. The molecule has 0 aliphatic rings. The summed E-state index contributed by atoms with van der Waals surface area (Å²) in [6.07, 6.45) is 4.37. The van der Waals surface area contributed by atoms with Crippen LogP contribution in [-0.4, -0.2) is 35.1 Å². The predicted molar refractivity (Wildman–Crippen MR) is 63.3 cm³/mol. The molecule has 0 aromatic carbocycles. The fourth-order valence-electron chi connectivity index (χ4n) is 1.71. The molecule has 0 bridgehead atoms. The summed E-state index contributed by atoms with van der Waals surface area (Å²) in [4.78, 5) is 16.2. The summed E-state index contributed by atoms with van der Waals surface area (Å²) in [6.45, 7) is 3.52. The number of aromatic amines is 1. The highest BCUT2D eigenvalue weighted by molar-refractivity contribution is 5.73. The van der Waals surface area contributed by atoms with Crippen LogP contribution in [0.1, 0.15) is 31.9 Å². The maximum absolute atomic E-state index is 11.1. The number of H-pyrrole nitrogens is 1. The van der Waals surface area contributed by atoms with Gasteiger partial charge in [-0.2, -0.15) is 0 Å². The maximum atomic E-state index is 11.1. The molecule has 1 unspecified atom stereocenters. The predicted octanol–water partition coefficient (Wildman–Crippen LogP) is 2.12. The van der Waals surface area contributed by atoms with Gasteiger partial charge in [0.15, 0.2) is 0 Å². The van der Waals surface area contributed by atoms with E-state index in [-0.39, 0.29) is 6.04 Å². The van der Waals surface area contributed by atoms with Crippen molar-refractivity contribution in [1.82, 2.24) is 9.88 Å². The summed E-state index contributed by atoms with van der Waals surface area (Å²) < 4.78 is 0. The summed E-state index contributed by atoms with van der Waals surface area (Å²) in [5, 5.41) is 9.14. The van der Waals surface area contributed by atoms with Crippen molar-refractivity contribution in [3.05, 3.63) is 24.0 Å². The molecule has 4 nitrogen and oxygen atoms in total. The van der Waals surface area contributed by atoms with Crippen LogP contribution in [-0.2, 0) is 4.79 Å². The lowest BCUT2D eigenvalue weighted by Gasteiger charge is -2.30. The van der Waals surface area contributed by atoms with Gasteiger partial charge >= 0.3 is 5.97 Å². The Morgan fingerprint density at radius 1 is 1.56 bits per heavy atom. The Morgan fingerprint density at radius 2 is 2.19 bits per heavy atom. The Labute approximate surface area is 96.3 Å². The Bertz CT molecular complexity index is 342. The van der Waals surface area contributed by atoms with E-state index in [9.17, 15) is 4.79 Å². The van der Waals surface area contributed by atoms with Gasteiger partial charge in [0.05, 0.1) is 5.41 Å². The van der Waals surface area contributed by atoms with Crippen LogP contribution in [0.25, 0.3) is 0 Å². The molecular weight excluding hydrogens is 204 g/mol. The van der Waals surface area contributed by atoms with Gasteiger partial charge in [0.1, 0.15) is 0 Å². The Hall–Kier alpha value is -1.29. The van der Waals surface area contributed by atoms with Crippen LogP contribution < -0.4 is 0 Å². The van der Waals surface area contributed by atoms with E-state index in [0.717, 1.165) is 5.56 Å². The molecule has 1 atom stereocenters. The van der Waals surface area contributed by atoms with Crippen molar-refractivity contribution in [3.63, 3.8) is 0 Å². The number of aromatic nitrogens is 1. The summed E-state index contributed by atoms with van der Waals surface area (Å²) in [5.41, 5.74) is 0.408. The van der Waals surface area contributed by atoms with Crippen LogP contribution in [0.5, 0.6) is 0 Å². The topological polar surface area (TPSA) is 56.3 Å². The highest BCUT2D eigenvalue weighted by Crippen LogP contribution is 2.32. The number of hydrogen-bond donors (Lipinski definition) is 2. The zero-order valence-corrected chi connectivity index (χ0v) is 10.3. The van der Waals surface area contributed by atoms with E-state index >= 15 is 0 Å². The van der Waals surface area contributed by atoms with E-state index in [1.54, 1.807) is 13.8 Å². The molecule has 0 radical (unpaired) electrons. The van der Waals surface area contributed by atoms with Crippen LogP contribution in [0.15, 0.2) is 18.5 Å². The fraction of sp³-hybridized carbons (Fsp3) is 0.583. The number of rotatable bonds is 5. The zero-order valence-electron chi connectivity index (χ0n) is 10.3. The van der Waals surface area contributed by atoms with Gasteiger partial charge in [0.2, 0.25) is 0 Å². The molecule has 0 amide bonds. The first-order valence-electron chi connectivity index (χ1n) is 5.37. The first-order chi connectivity index (χ1) is 7.34. The molecule has 1 aromatic rings. The monoisotopic (exact) mass is 224 g/mol. The smallest absolute Gasteiger partial charge is 0.309 e. The van der Waals surface area contributed by atoms with Gasteiger partial charge in [0.25, 0.3) is 0 Å². The molecule has 1 rings (SSSR count). The Kier molecular flexibility index (Phi) is 3.75. The van der Waals surface area contributed by atoms with Crippen LogP contribution in [0.2, 0.25) is 0 Å². The summed E-state index contributed by atoms with van der Waals surface area (Å²) in [6, 6.07) is 2.11. The SMILES string of the molecule is CN(C)C(CC(C)(C)C(=O)O)c1cc[nH]c1. The van der Waals surface area contributed by atoms with Crippen molar-refractivity contribution in [1.29, 1.82) is 0 Å². The quantitative estimate of drug-likeness (QED) is 0.805. The second kappa shape index (κ2) is 4.70. The fourth-order valence-corrected chi connectivity index (χ4v) is 1.71. The normalized spacial score (nSPS) is 14.1. The summed E-state index contributed by atoms with van der Waals surface area (Å²) >= 11 is 0. The largest absolute Gasteiger partial charge is 0.481 e. The zero-order chi connectivity index (χ0) is 12.3. The van der Waals surface area contributed by atoms with Crippen LogP contribution in [0.4, 0.5) is 0 Å². The van der Waals surface area contributed by atoms with E-state index in [0.29, 0.717) is 6.42 Å². The van der Waals surface area contributed by atoms with Gasteiger partial charge in [-0.05, 0) is 46.0 Å². The molecule has 0 saturated heterocycles. The van der Waals surface area contributed by atoms with E-state index in [1.165, 1.54) is 0 Å². The van der Waals surface area contributed by atoms with Crippen LogP contribution in [0.3, 0.4) is 0 Å². The third-order valence-corrected chi connectivity index (χ3v) is 2.91. The standard InChI is InChI=1S/C12H20N2O2/c1-12(2,11(15)16)7-10(14(3)4)9-5-6-13-8-9/h5-6,8,10,13H,7H2,1-4H3,(H,15,16). The van der Waals surface area contributed by atoms with Crippen molar-refractivity contribution in [2.24, 2.45) is 5.41 Å². The lowest BCUT2D eigenvalue weighted by Crippen LogP contribution is -2.31. The third-order valence-electron chi connectivity index (χ3n) is 2.91. The van der Waals surface area contributed by atoms with E-state index in [4.69, 9.17) is 5.11 Å². The molecule has 1 aromatic heterocycles. The van der Waals surface area contributed by atoms with Crippen molar-refractivity contribution < 1.29 is 9.90 Å². The molecule has 90 valence electrons. The van der Waals surface area contributed by atoms with Gasteiger partial charge in [0, 0.05) is 18.4 Å². The minimum atomic E-state index is -0.755. The van der Waals surface area contributed by atoms with Gasteiger partial charge in [-0.1, -0.05) is 0 Å². The molecule has 0 aliphatic heterocycles. The Morgan fingerprint density at radius 3 is 2.56 bits per heavy atom. The lowest BCUT2D eigenvalue weighted by atomic mass is 9.84. The number of nitrogens with zero attached hydrogens (tertiary/aromatic N) is 1. The molecule has 4 heteroatoms. The molecule has 0 fully saturated rings. The maximum Gasteiger partial charge on any atom is 0.309 e. The molecule has 2 N–H and O–H groups in total. The highest BCUT2D eigenvalue weighted by atomic mass is 16.4. The molecule has 0 spiro atoms. The number of hydrogen-bond acceptors (Lipinski definition) is 2. The van der Waals surface area contributed by atoms with Gasteiger partial charge < -0.3 is 15.0 Å². The summed E-state index contributed by atoms with van der Waals surface area (Å²) in [7, 11) is 3.94. The van der Waals surface area contributed by atoms with E-state index in [2.05, 4.69) is 4.98 Å². The number of carboxylic acid groups (broad SMARTS) is 1. The highest BCUT2D eigenvalue weighted by Gasteiger charge is 2.32. The van der Waals surface area contributed by atoms with Crippen molar-refractivity contribution in [2.45, 2.75) is 26.3 Å². The summed E-state index contributed by atoms with van der Waals surface area (Å²) in [5.74, 6) is -0.755. The van der Waals surface area contributed by atoms with Crippen LogP contribution >= 0.6 is 0 Å². The molecule has 0 saturated carbocycles. The lowest BCUT2D eigenvalue weighted by molar-refractivity contribution is -0.148. The molecule has 1 heterocycles. The van der Waals surface area contributed by atoms with E-state index < -0.39 is 11.4 Å². The van der Waals surface area contributed by atoms with Crippen LogP contribution in [0, 0.1) is 5.41 Å². The first-order valence-corrected chi connectivity index (χ1v) is 5.37.